The summed E-state index contributed by atoms with van der Waals surface area (Å²) < 4.78 is 1.63. The van der Waals surface area contributed by atoms with Gasteiger partial charge in [-0.1, -0.05) is 23.7 Å². The van der Waals surface area contributed by atoms with Gasteiger partial charge in [0.1, 0.15) is 5.69 Å². The Bertz CT molecular complexity index is 632. The molecule has 100 valence electrons. The first-order chi connectivity index (χ1) is 8.91. The van der Waals surface area contributed by atoms with Crippen LogP contribution in [0.5, 0.6) is 0 Å². The summed E-state index contributed by atoms with van der Waals surface area (Å²) in [6.45, 7) is 5.79. The fraction of sp³-hybridized carbons (Fsp3) is 0.286. The number of rotatable bonds is 3. The molecule has 1 aromatic carbocycles. The number of hydrogen-bond acceptors (Lipinski definition) is 3. The van der Waals surface area contributed by atoms with Crippen molar-refractivity contribution in [3.63, 3.8) is 0 Å². The number of benzene rings is 1. The molecule has 0 radical (unpaired) electrons. The van der Waals surface area contributed by atoms with Crippen molar-refractivity contribution in [3.05, 3.63) is 46.2 Å². The predicted molar refractivity (Wildman–Crippen MR) is 76.6 cm³/mol. The third-order valence-corrected chi connectivity index (χ3v) is 3.27. The molecular weight excluding hydrogens is 262 g/mol. The molecule has 0 aliphatic heterocycles. The summed E-state index contributed by atoms with van der Waals surface area (Å²) in [5, 5.41) is 4.49. The van der Waals surface area contributed by atoms with Crippen molar-refractivity contribution < 1.29 is 4.79 Å². The second-order valence-electron chi connectivity index (χ2n) is 4.78. The van der Waals surface area contributed by atoms with Crippen LogP contribution in [0.15, 0.2) is 24.4 Å². The number of aromatic nitrogens is 2. The Morgan fingerprint density at radius 1 is 1.42 bits per heavy atom. The zero-order valence-electron chi connectivity index (χ0n) is 11.1. The van der Waals surface area contributed by atoms with E-state index in [2.05, 4.69) is 5.10 Å². The van der Waals surface area contributed by atoms with Gasteiger partial charge in [0.25, 0.3) is 0 Å². The van der Waals surface area contributed by atoms with E-state index in [0.717, 1.165) is 5.56 Å². The van der Waals surface area contributed by atoms with E-state index in [-0.39, 0.29) is 11.8 Å². The normalized spacial score (nSPS) is 11.0. The predicted octanol–water partition coefficient (Wildman–Crippen LogP) is 3.24. The molecule has 0 unspecified atom stereocenters. The van der Waals surface area contributed by atoms with Crippen LogP contribution in [0.2, 0.25) is 5.02 Å². The van der Waals surface area contributed by atoms with Gasteiger partial charge in [-0.15, -0.1) is 0 Å². The molecule has 0 bridgehead atoms. The van der Waals surface area contributed by atoms with E-state index in [1.807, 2.05) is 26.8 Å². The molecule has 2 N–H and O–H groups in total. The van der Waals surface area contributed by atoms with Gasteiger partial charge in [-0.2, -0.15) is 5.10 Å². The van der Waals surface area contributed by atoms with E-state index in [1.54, 1.807) is 16.8 Å². The molecule has 0 spiro atoms. The number of anilines is 1. The van der Waals surface area contributed by atoms with Gasteiger partial charge in [-0.3, -0.25) is 9.48 Å². The van der Waals surface area contributed by atoms with Gasteiger partial charge in [0.05, 0.1) is 11.2 Å². The van der Waals surface area contributed by atoms with Crippen molar-refractivity contribution in [2.24, 2.45) is 0 Å². The summed E-state index contributed by atoms with van der Waals surface area (Å²) >= 11 is 6.07. The lowest BCUT2D eigenvalue weighted by atomic mass is 10.0. The molecule has 2 aromatic rings. The second kappa shape index (κ2) is 5.05. The van der Waals surface area contributed by atoms with Crippen LogP contribution in [0.1, 0.15) is 41.5 Å². The minimum absolute atomic E-state index is 0.0641. The van der Waals surface area contributed by atoms with Crippen molar-refractivity contribution in [2.75, 3.05) is 5.73 Å². The largest absolute Gasteiger partial charge is 0.398 e. The quantitative estimate of drug-likeness (QED) is 0.692. The highest BCUT2D eigenvalue weighted by Gasteiger charge is 2.20. The van der Waals surface area contributed by atoms with Gasteiger partial charge in [0.2, 0.25) is 5.78 Å². The maximum atomic E-state index is 12.5. The molecule has 0 saturated carbocycles. The summed E-state index contributed by atoms with van der Waals surface area (Å²) in [4.78, 5) is 12.5. The number of ketones is 1. The lowest BCUT2D eigenvalue weighted by Crippen LogP contribution is -2.14. The highest BCUT2D eigenvalue weighted by atomic mass is 35.5. The van der Waals surface area contributed by atoms with Crippen molar-refractivity contribution in [2.45, 2.75) is 26.8 Å². The van der Waals surface area contributed by atoms with E-state index < -0.39 is 0 Å². The van der Waals surface area contributed by atoms with Crippen molar-refractivity contribution in [3.8, 4) is 0 Å². The summed E-state index contributed by atoms with van der Waals surface area (Å²) in [6, 6.07) is 5.31. The van der Waals surface area contributed by atoms with E-state index >= 15 is 0 Å². The van der Waals surface area contributed by atoms with Gasteiger partial charge >= 0.3 is 0 Å². The van der Waals surface area contributed by atoms with Gasteiger partial charge in [0.15, 0.2) is 0 Å². The van der Waals surface area contributed by atoms with Crippen LogP contribution in [0.25, 0.3) is 0 Å². The fourth-order valence-corrected chi connectivity index (χ4v) is 2.08. The lowest BCUT2D eigenvalue weighted by molar-refractivity contribution is 0.102. The van der Waals surface area contributed by atoms with Crippen molar-refractivity contribution in [1.82, 2.24) is 9.78 Å². The standard InChI is InChI=1S/C14H16ClN3O/c1-8(2)18-13(11(15)7-17-18)14(19)10-5-4-9(3)12(16)6-10/h4-8H,16H2,1-3H3. The van der Waals surface area contributed by atoms with E-state index in [9.17, 15) is 4.79 Å². The maximum absolute atomic E-state index is 12.5. The Hall–Kier alpha value is -1.81. The Kier molecular flexibility index (Phi) is 3.62. The molecule has 0 aliphatic rings. The van der Waals surface area contributed by atoms with Crippen LogP contribution >= 0.6 is 11.6 Å². The zero-order chi connectivity index (χ0) is 14.2. The number of nitrogen functional groups attached to an aromatic ring is 1. The summed E-state index contributed by atoms with van der Waals surface area (Å²) in [5.41, 5.74) is 8.30. The van der Waals surface area contributed by atoms with Crippen LogP contribution in [-0.4, -0.2) is 15.6 Å². The number of carbonyl (C=O) groups is 1. The summed E-state index contributed by atoms with van der Waals surface area (Å²) in [6.07, 6.45) is 1.49. The number of nitrogens with zero attached hydrogens (tertiary/aromatic N) is 2. The van der Waals surface area contributed by atoms with Gasteiger partial charge in [0, 0.05) is 17.3 Å². The molecule has 19 heavy (non-hydrogen) atoms. The minimum Gasteiger partial charge on any atom is -0.398 e. The topological polar surface area (TPSA) is 60.9 Å². The average Bonchev–Trinajstić information content (AvgIpc) is 2.74. The van der Waals surface area contributed by atoms with Crippen LogP contribution in [-0.2, 0) is 0 Å². The molecule has 0 atom stereocenters. The number of nitrogens with two attached hydrogens (primary N) is 1. The Morgan fingerprint density at radius 3 is 2.68 bits per heavy atom. The smallest absolute Gasteiger partial charge is 0.212 e. The third kappa shape index (κ3) is 2.49. The molecule has 0 aliphatic carbocycles. The summed E-state index contributed by atoms with van der Waals surface area (Å²) in [5.74, 6) is -0.164. The first-order valence-corrected chi connectivity index (χ1v) is 6.43. The molecule has 5 heteroatoms. The molecule has 0 saturated heterocycles. The van der Waals surface area contributed by atoms with Gasteiger partial charge < -0.3 is 5.73 Å². The molecule has 2 rings (SSSR count). The van der Waals surface area contributed by atoms with Gasteiger partial charge in [-0.05, 0) is 32.4 Å². The minimum atomic E-state index is -0.164. The van der Waals surface area contributed by atoms with E-state index in [0.29, 0.717) is 22.0 Å². The second-order valence-corrected chi connectivity index (χ2v) is 5.19. The fourth-order valence-electron chi connectivity index (χ4n) is 1.86. The number of halogens is 1. The maximum Gasteiger partial charge on any atom is 0.212 e. The highest BCUT2D eigenvalue weighted by molar-refractivity contribution is 6.34. The molecule has 1 heterocycles. The first-order valence-electron chi connectivity index (χ1n) is 6.05. The van der Waals surface area contributed by atoms with Crippen LogP contribution in [0, 0.1) is 6.92 Å². The molecule has 0 amide bonds. The SMILES string of the molecule is Cc1ccc(C(=O)c2c(Cl)cnn2C(C)C)cc1N. The Balaban J connectivity index is 2.49. The molecule has 4 nitrogen and oxygen atoms in total. The Morgan fingerprint density at radius 2 is 2.11 bits per heavy atom. The molecular formula is C14H16ClN3O. The average molecular weight is 278 g/mol. The van der Waals surface area contributed by atoms with Crippen LogP contribution in [0.4, 0.5) is 5.69 Å². The van der Waals surface area contributed by atoms with Gasteiger partial charge in [-0.25, -0.2) is 0 Å². The number of carbonyl (C=O) groups excluding carboxylic acids is 1. The van der Waals surface area contributed by atoms with E-state index in [4.69, 9.17) is 17.3 Å². The third-order valence-electron chi connectivity index (χ3n) is 3.00. The Labute approximate surface area is 117 Å². The molecule has 1 aromatic heterocycles. The number of hydrogen-bond donors (Lipinski definition) is 1. The monoisotopic (exact) mass is 277 g/mol. The highest BCUT2D eigenvalue weighted by Crippen LogP contribution is 2.23. The van der Waals surface area contributed by atoms with E-state index in [1.165, 1.54) is 6.20 Å². The lowest BCUT2D eigenvalue weighted by Gasteiger charge is -2.11. The number of aryl methyl sites for hydroxylation is 1. The molecule has 0 fully saturated rings. The van der Waals surface area contributed by atoms with Crippen LogP contribution < -0.4 is 5.73 Å². The zero-order valence-corrected chi connectivity index (χ0v) is 11.9. The van der Waals surface area contributed by atoms with Crippen molar-refractivity contribution >= 4 is 23.1 Å². The summed E-state index contributed by atoms with van der Waals surface area (Å²) in [7, 11) is 0. The van der Waals surface area contributed by atoms with Crippen molar-refractivity contribution in [1.29, 1.82) is 0 Å². The first kappa shape index (κ1) is 13.6. The van der Waals surface area contributed by atoms with Crippen LogP contribution in [0.3, 0.4) is 0 Å².